The molecule has 26 heavy (non-hydrogen) atoms. The molecule has 7 heteroatoms. The van der Waals surface area contributed by atoms with E-state index in [9.17, 15) is 19.2 Å². The number of nitrogens with zero attached hydrogens (tertiary/aromatic N) is 2. The molecule has 7 nitrogen and oxygen atoms in total. The van der Waals surface area contributed by atoms with Crippen LogP contribution in [0.25, 0.3) is 0 Å². The molecule has 1 aliphatic carbocycles. The lowest BCUT2D eigenvalue weighted by atomic mass is 10.0. The Balaban J connectivity index is 1.29. The Morgan fingerprint density at radius 2 is 1.54 bits per heavy atom. The fourth-order valence-electron chi connectivity index (χ4n) is 3.63. The van der Waals surface area contributed by atoms with Crippen LogP contribution in [0.15, 0.2) is 24.3 Å². The molecule has 1 saturated carbocycles. The molecule has 0 radical (unpaired) electrons. The van der Waals surface area contributed by atoms with E-state index >= 15 is 0 Å². The second kappa shape index (κ2) is 6.55. The summed E-state index contributed by atoms with van der Waals surface area (Å²) in [6.45, 7) is 1.02. The SMILES string of the molecule is O=C(CN1C(=O)c2ccccc2C1=O)NC1CCN(C(=O)C2CC2)CC1. The number of carbonyl (C=O) groups is 4. The van der Waals surface area contributed by atoms with Gasteiger partial charge in [-0.05, 0) is 37.8 Å². The van der Waals surface area contributed by atoms with E-state index in [4.69, 9.17) is 0 Å². The Morgan fingerprint density at radius 3 is 2.08 bits per heavy atom. The molecule has 1 aromatic rings. The van der Waals surface area contributed by atoms with Crippen molar-refractivity contribution in [1.29, 1.82) is 0 Å². The number of nitrogens with one attached hydrogen (secondary N) is 1. The van der Waals surface area contributed by atoms with Crippen molar-refractivity contribution in [2.75, 3.05) is 19.6 Å². The molecule has 0 aromatic heterocycles. The molecule has 1 saturated heterocycles. The van der Waals surface area contributed by atoms with E-state index in [-0.39, 0.29) is 30.3 Å². The highest BCUT2D eigenvalue weighted by Gasteiger charge is 2.37. The quantitative estimate of drug-likeness (QED) is 0.810. The largest absolute Gasteiger partial charge is 0.352 e. The molecular weight excluding hydrogens is 334 g/mol. The van der Waals surface area contributed by atoms with Crippen LogP contribution in [0.4, 0.5) is 0 Å². The Morgan fingerprint density at radius 1 is 0.962 bits per heavy atom. The van der Waals surface area contributed by atoms with Crippen molar-refractivity contribution in [3.8, 4) is 0 Å². The van der Waals surface area contributed by atoms with E-state index in [0.29, 0.717) is 37.1 Å². The average molecular weight is 355 g/mol. The maximum Gasteiger partial charge on any atom is 0.262 e. The van der Waals surface area contributed by atoms with Crippen molar-refractivity contribution in [2.24, 2.45) is 5.92 Å². The minimum Gasteiger partial charge on any atom is -0.352 e. The van der Waals surface area contributed by atoms with Crippen molar-refractivity contribution < 1.29 is 19.2 Å². The first kappa shape index (κ1) is 16.8. The maximum atomic E-state index is 12.3. The number of rotatable bonds is 4. The van der Waals surface area contributed by atoms with Crippen LogP contribution in [0.1, 0.15) is 46.4 Å². The molecule has 1 N–H and O–H groups in total. The number of benzene rings is 1. The topological polar surface area (TPSA) is 86.8 Å². The zero-order chi connectivity index (χ0) is 18.3. The summed E-state index contributed by atoms with van der Waals surface area (Å²) in [5, 5.41) is 2.89. The van der Waals surface area contributed by atoms with Crippen LogP contribution in [-0.2, 0) is 9.59 Å². The number of imide groups is 1. The Bertz CT molecular complexity index is 744. The minimum atomic E-state index is -0.425. The number of fused-ring (bicyclic) bond motifs is 1. The van der Waals surface area contributed by atoms with E-state index in [1.165, 1.54) is 0 Å². The molecule has 2 fully saturated rings. The first-order valence-corrected chi connectivity index (χ1v) is 9.08. The van der Waals surface area contributed by atoms with Crippen LogP contribution in [-0.4, -0.2) is 59.1 Å². The van der Waals surface area contributed by atoms with Gasteiger partial charge in [-0.2, -0.15) is 0 Å². The van der Waals surface area contributed by atoms with Gasteiger partial charge in [0.05, 0.1) is 11.1 Å². The number of amides is 4. The highest BCUT2D eigenvalue weighted by Crippen LogP contribution is 2.31. The number of likely N-dealkylation sites (tertiary alicyclic amines) is 1. The average Bonchev–Trinajstić information content (AvgIpc) is 3.47. The third-order valence-corrected chi connectivity index (χ3v) is 5.28. The van der Waals surface area contributed by atoms with Crippen LogP contribution in [0, 0.1) is 5.92 Å². The smallest absolute Gasteiger partial charge is 0.262 e. The number of piperidine rings is 1. The molecule has 3 aliphatic rings. The maximum absolute atomic E-state index is 12.3. The molecule has 0 unspecified atom stereocenters. The van der Waals surface area contributed by atoms with E-state index in [2.05, 4.69) is 5.32 Å². The van der Waals surface area contributed by atoms with Gasteiger partial charge in [-0.1, -0.05) is 12.1 Å². The zero-order valence-electron chi connectivity index (χ0n) is 14.4. The first-order chi connectivity index (χ1) is 12.5. The fourth-order valence-corrected chi connectivity index (χ4v) is 3.63. The molecule has 1 aromatic carbocycles. The highest BCUT2D eigenvalue weighted by atomic mass is 16.2. The number of hydrogen-bond acceptors (Lipinski definition) is 4. The lowest BCUT2D eigenvalue weighted by molar-refractivity contribution is -0.133. The summed E-state index contributed by atoms with van der Waals surface area (Å²) in [5.41, 5.74) is 0.689. The summed E-state index contributed by atoms with van der Waals surface area (Å²) < 4.78 is 0. The minimum absolute atomic E-state index is 0.0269. The molecule has 4 amide bonds. The summed E-state index contributed by atoms with van der Waals surface area (Å²) in [5.74, 6) is -0.738. The van der Waals surface area contributed by atoms with Crippen molar-refractivity contribution in [1.82, 2.24) is 15.1 Å². The van der Waals surface area contributed by atoms with Crippen LogP contribution in [0.5, 0.6) is 0 Å². The Kier molecular flexibility index (Phi) is 4.22. The second-order valence-electron chi connectivity index (χ2n) is 7.18. The van der Waals surface area contributed by atoms with Crippen molar-refractivity contribution in [3.05, 3.63) is 35.4 Å². The van der Waals surface area contributed by atoms with Gasteiger partial charge in [0.25, 0.3) is 11.8 Å². The van der Waals surface area contributed by atoms with E-state index in [1.807, 2.05) is 4.90 Å². The van der Waals surface area contributed by atoms with Crippen LogP contribution in [0.2, 0.25) is 0 Å². The predicted molar refractivity (Wildman–Crippen MR) is 92.3 cm³/mol. The molecule has 2 aliphatic heterocycles. The van der Waals surface area contributed by atoms with Gasteiger partial charge in [-0.3, -0.25) is 24.1 Å². The first-order valence-electron chi connectivity index (χ1n) is 9.08. The van der Waals surface area contributed by atoms with E-state index < -0.39 is 11.8 Å². The number of hydrogen-bond donors (Lipinski definition) is 1. The summed E-state index contributed by atoms with van der Waals surface area (Å²) in [6, 6.07) is 6.57. The normalized spacial score (nSPS) is 20.3. The fraction of sp³-hybridized carbons (Fsp3) is 0.474. The zero-order valence-corrected chi connectivity index (χ0v) is 14.4. The predicted octanol–water partition coefficient (Wildman–Crippen LogP) is 0.800. The lowest BCUT2D eigenvalue weighted by Crippen LogP contribution is -2.49. The van der Waals surface area contributed by atoms with Crippen LogP contribution < -0.4 is 5.32 Å². The second-order valence-corrected chi connectivity index (χ2v) is 7.18. The van der Waals surface area contributed by atoms with Crippen LogP contribution in [0.3, 0.4) is 0 Å². The van der Waals surface area contributed by atoms with Gasteiger partial charge in [-0.15, -0.1) is 0 Å². The van der Waals surface area contributed by atoms with E-state index in [0.717, 1.165) is 17.7 Å². The molecule has 0 spiro atoms. The van der Waals surface area contributed by atoms with Crippen molar-refractivity contribution in [2.45, 2.75) is 31.7 Å². The Hall–Kier alpha value is -2.70. The monoisotopic (exact) mass is 355 g/mol. The highest BCUT2D eigenvalue weighted by molar-refractivity contribution is 6.22. The van der Waals surface area contributed by atoms with Crippen LogP contribution >= 0.6 is 0 Å². The molecule has 2 heterocycles. The summed E-state index contributed by atoms with van der Waals surface area (Å²) in [7, 11) is 0. The third kappa shape index (κ3) is 3.09. The molecular formula is C19H21N3O4. The lowest BCUT2D eigenvalue weighted by Gasteiger charge is -2.32. The van der Waals surface area contributed by atoms with Crippen molar-refractivity contribution >= 4 is 23.6 Å². The molecule has 0 atom stereocenters. The number of carbonyl (C=O) groups excluding carboxylic acids is 4. The molecule has 136 valence electrons. The van der Waals surface area contributed by atoms with Gasteiger partial charge in [0.2, 0.25) is 11.8 Å². The standard InChI is InChI=1S/C19H21N3O4/c23-16(11-22-18(25)14-3-1-2-4-15(14)19(22)26)20-13-7-9-21(10-8-13)17(24)12-5-6-12/h1-4,12-13H,5-11H2,(H,20,23). The molecule has 0 bridgehead atoms. The Labute approximate surface area is 151 Å². The van der Waals surface area contributed by atoms with Gasteiger partial charge in [0.1, 0.15) is 6.54 Å². The summed E-state index contributed by atoms with van der Waals surface area (Å²) in [4.78, 5) is 51.8. The van der Waals surface area contributed by atoms with Gasteiger partial charge >= 0.3 is 0 Å². The summed E-state index contributed by atoms with van der Waals surface area (Å²) in [6.07, 6.45) is 3.39. The van der Waals surface area contributed by atoms with Gasteiger partial charge in [0.15, 0.2) is 0 Å². The summed E-state index contributed by atoms with van der Waals surface area (Å²) >= 11 is 0. The van der Waals surface area contributed by atoms with Gasteiger partial charge in [-0.25, -0.2) is 0 Å². The third-order valence-electron chi connectivity index (χ3n) is 5.28. The molecule has 4 rings (SSSR count). The van der Waals surface area contributed by atoms with E-state index in [1.54, 1.807) is 24.3 Å². The van der Waals surface area contributed by atoms with Gasteiger partial charge in [0, 0.05) is 25.0 Å². The van der Waals surface area contributed by atoms with Crippen molar-refractivity contribution in [3.63, 3.8) is 0 Å². The van der Waals surface area contributed by atoms with Gasteiger partial charge < -0.3 is 10.2 Å².